The first-order valence-electron chi connectivity index (χ1n) is 6.39. The number of fused-ring (bicyclic) bond motifs is 1. The normalized spacial score (nSPS) is 32.5. The van der Waals surface area contributed by atoms with E-state index in [1.807, 2.05) is 6.07 Å². The highest BCUT2D eigenvalue weighted by molar-refractivity contribution is 6.42. The molecule has 2 atom stereocenters. The lowest BCUT2D eigenvalue weighted by molar-refractivity contribution is 0.243. The van der Waals surface area contributed by atoms with Crippen molar-refractivity contribution in [3.05, 3.63) is 33.8 Å². The summed E-state index contributed by atoms with van der Waals surface area (Å²) < 4.78 is 0. The Bertz CT molecular complexity index is 432. The molecule has 0 aromatic heterocycles. The van der Waals surface area contributed by atoms with Crippen LogP contribution in [-0.2, 0) is 5.41 Å². The van der Waals surface area contributed by atoms with E-state index < -0.39 is 0 Å². The molecule has 1 N–H and O–H groups in total. The molecule has 1 aromatic rings. The third-order valence-electron chi connectivity index (χ3n) is 4.53. The van der Waals surface area contributed by atoms with E-state index in [0.29, 0.717) is 15.5 Å². The molecular formula is C14H17Cl2N. The molecule has 2 aliphatic rings. The maximum absolute atomic E-state index is 6.17. The Labute approximate surface area is 112 Å². The molecule has 1 nitrogen and oxygen atoms in total. The van der Waals surface area contributed by atoms with E-state index in [1.54, 1.807) is 0 Å². The summed E-state index contributed by atoms with van der Waals surface area (Å²) in [5.41, 5.74) is 1.69. The van der Waals surface area contributed by atoms with E-state index in [-0.39, 0.29) is 0 Å². The minimum absolute atomic E-state index is 0.312. The van der Waals surface area contributed by atoms with Crippen molar-refractivity contribution in [2.45, 2.75) is 31.1 Å². The molecule has 3 rings (SSSR count). The van der Waals surface area contributed by atoms with Crippen LogP contribution in [0.1, 0.15) is 31.2 Å². The fraction of sp³-hybridized carbons (Fsp3) is 0.571. The summed E-state index contributed by atoms with van der Waals surface area (Å²) in [4.78, 5) is 0. The largest absolute Gasteiger partial charge is 0.316 e. The van der Waals surface area contributed by atoms with Crippen LogP contribution in [0.3, 0.4) is 0 Å². The van der Waals surface area contributed by atoms with E-state index in [9.17, 15) is 0 Å². The average molecular weight is 270 g/mol. The Morgan fingerprint density at radius 3 is 2.88 bits per heavy atom. The van der Waals surface area contributed by atoms with Crippen LogP contribution < -0.4 is 5.32 Å². The minimum atomic E-state index is 0.312. The van der Waals surface area contributed by atoms with Gasteiger partial charge in [-0.2, -0.15) is 0 Å². The number of rotatable bonds is 1. The predicted octanol–water partition coefficient (Wildman–Crippen LogP) is 4.02. The molecule has 1 unspecified atom stereocenters. The summed E-state index contributed by atoms with van der Waals surface area (Å²) in [6, 6.07) is 6.19. The number of nitrogens with one attached hydrogen (secondary N) is 1. The standard InChI is InChI=1S/C14H17Cl2N/c15-12-5-4-10(7-13(12)16)14-6-2-1-3-11(14)8-17-9-14/h4-5,7,11,17H,1-3,6,8-9H2/t11-,14?/m1/s1. The molecule has 1 aliphatic carbocycles. The lowest BCUT2D eigenvalue weighted by Gasteiger charge is -2.39. The van der Waals surface area contributed by atoms with Crippen molar-refractivity contribution >= 4 is 23.2 Å². The van der Waals surface area contributed by atoms with Gasteiger partial charge in [0.1, 0.15) is 0 Å². The van der Waals surface area contributed by atoms with Gasteiger partial charge in [0.05, 0.1) is 10.0 Å². The lowest BCUT2D eigenvalue weighted by Crippen LogP contribution is -2.37. The van der Waals surface area contributed by atoms with Gasteiger partial charge in [0, 0.05) is 12.0 Å². The smallest absolute Gasteiger partial charge is 0.0595 e. The van der Waals surface area contributed by atoms with Gasteiger partial charge in [-0.3, -0.25) is 0 Å². The van der Waals surface area contributed by atoms with Gasteiger partial charge in [-0.1, -0.05) is 42.1 Å². The molecule has 1 aliphatic heterocycles. The number of hydrogen-bond acceptors (Lipinski definition) is 1. The topological polar surface area (TPSA) is 12.0 Å². The maximum Gasteiger partial charge on any atom is 0.0595 e. The van der Waals surface area contributed by atoms with Gasteiger partial charge in [-0.25, -0.2) is 0 Å². The predicted molar refractivity (Wildman–Crippen MR) is 73.0 cm³/mol. The van der Waals surface area contributed by atoms with Crippen molar-refractivity contribution in [2.24, 2.45) is 5.92 Å². The van der Waals surface area contributed by atoms with E-state index in [2.05, 4.69) is 17.4 Å². The van der Waals surface area contributed by atoms with Crippen LogP contribution in [0.25, 0.3) is 0 Å². The lowest BCUT2D eigenvalue weighted by atomic mass is 9.64. The van der Waals surface area contributed by atoms with Gasteiger partial charge >= 0.3 is 0 Å². The second-order valence-electron chi connectivity index (χ2n) is 5.36. The Hall–Kier alpha value is -0.240. The van der Waals surface area contributed by atoms with Crippen LogP contribution in [-0.4, -0.2) is 13.1 Å². The number of hydrogen-bond donors (Lipinski definition) is 1. The van der Waals surface area contributed by atoms with Crippen molar-refractivity contribution in [1.82, 2.24) is 5.32 Å². The molecule has 0 amide bonds. The van der Waals surface area contributed by atoms with Crippen LogP contribution in [0, 0.1) is 5.92 Å². The Balaban J connectivity index is 2.02. The molecule has 17 heavy (non-hydrogen) atoms. The van der Waals surface area contributed by atoms with E-state index >= 15 is 0 Å². The van der Waals surface area contributed by atoms with Crippen molar-refractivity contribution in [3.63, 3.8) is 0 Å². The zero-order valence-electron chi connectivity index (χ0n) is 9.81. The monoisotopic (exact) mass is 269 g/mol. The first kappa shape index (κ1) is 11.8. The first-order valence-corrected chi connectivity index (χ1v) is 7.14. The molecular weight excluding hydrogens is 253 g/mol. The summed E-state index contributed by atoms with van der Waals surface area (Å²) >= 11 is 12.2. The van der Waals surface area contributed by atoms with Crippen molar-refractivity contribution in [2.75, 3.05) is 13.1 Å². The van der Waals surface area contributed by atoms with E-state index in [0.717, 1.165) is 19.0 Å². The van der Waals surface area contributed by atoms with Crippen molar-refractivity contribution in [3.8, 4) is 0 Å². The minimum Gasteiger partial charge on any atom is -0.316 e. The quantitative estimate of drug-likeness (QED) is 0.812. The van der Waals surface area contributed by atoms with Gasteiger partial charge < -0.3 is 5.32 Å². The summed E-state index contributed by atoms with van der Waals surface area (Å²) in [5.74, 6) is 0.772. The highest BCUT2D eigenvalue weighted by Gasteiger charge is 2.45. The molecule has 0 bridgehead atoms. The third-order valence-corrected chi connectivity index (χ3v) is 5.27. The summed E-state index contributed by atoms with van der Waals surface area (Å²) in [7, 11) is 0. The maximum atomic E-state index is 6.17. The van der Waals surface area contributed by atoms with Crippen LogP contribution in [0.4, 0.5) is 0 Å². The van der Waals surface area contributed by atoms with Crippen LogP contribution >= 0.6 is 23.2 Å². The Morgan fingerprint density at radius 2 is 2.06 bits per heavy atom. The highest BCUT2D eigenvalue weighted by atomic mass is 35.5. The summed E-state index contributed by atoms with van der Waals surface area (Å²) in [6.07, 6.45) is 5.32. The second kappa shape index (κ2) is 4.46. The fourth-order valence-corrected chi connectivity index (χ4v) is 3.90. The van der Waals surface area contributed by atoms with Gasteiger partial charge in [-0.05, 0) is 43.0 Å². The first-order chi connectivity index (χ1) is 8.22. The fourth-order valence-electron chi connectivity index (χ4n) is 3.60. The highest BCUT2D eigenvalue weighted by Crippen LogP contribution is 2.46. The van der Waals surface area contributed by atoms with Crippen molar-refractivity contribution < 1.29 is 0 Å². The molecule has 1 saturated carbocycles. The zero-order valence-corrected chi connectivity index (χ0v) is 11.3. The SMILES string of the molecule is Clc1ccc(C23CCCC[C@@H]2CNC3)cc1Cl. The van der Waals surface area contributed by atoms with Crippen LogP contribution in [0.2, 0.25) is 10.0 Å². The van der Waals surface area contributed by atoms with E-state index in [4.69, 9.17) is 23.2 Å². The molecule has 0 spiro atoms. The number of halogens is 2. The summed E-state index contributed by atoms with van der Waals surface area (Å²) in [5, 5.41) is 4.91. The molecule has 0 radical (unpaired) electrons. The third kappa shape index (κ3) is 1.89. The van der Waals surface area contributed by atoms with Crippen LogP contribution in [0.5, 0.6) is 0 Å². The van der Waals surface area contributed by atoms with Gasteiger partial charge in [-0.15, -0.1) is 0 Å². The Kier molecular flexibility index (Phi) is 3.10. The van der Waals surface area contributed by atoms with Gasteiger partial charge in [0.25, 0.3) is 0 Å². The number of benzene rings is 1. The molecule has 1 saturated heterocycles. The average Bonchev–Trinajstić information content (AvgIpc) is 2.77. The molecule has 92 valence electrons. The molecule has 2 fully saturated rings. The van der Waals surface area contributed by atoms with Gasteiger partial charge in [0.2, 0.25) is 0 Å². The summed E-state index contributed by atoms with van der Waals surface area (Å²) in [6.45, 7) is 2.25. The van der Waals surface area contributed by atoms with Crippen molar-refractivity contribution in [1.29, 1.82) is 0 Å². The van der Waals surface area contributed by atoms with E-state index in [1.165, 1.54) is 31.2 Å². The van der Waals surface area contributed by atoms with Crippen LogP contribution in [0.15, 0.2) is 18.2 Å². The molecule has 1 heterocycles. The molecule has 3 heteroatoms. The molecule has 1 aromatic carbocycles. The van der Waals surface area contributed by atoms with Gasteiger partial charge in [0.15, 0.2) is 0 Å². The Morgan fingerprint density at radius 1 is 1.18 bits per heavy atom. The zero-order chi connectivity index (χ0) is 11.9. The second-order valence-corrected chi connectivity index (χ2v) is 6.17.